The number of rotatable bonds is 4. The first-order valence-corrected chi connectivity index (χ1v) is 9.94. The Hall–Kier alpha value is -2.93. The van der Waals surface area contributed by atoms with Gasteiger partial charge in [0.15, 0.2) is 0 Å². The van der Waals surface area contributed by atoms with Gasteiger partial charge in [0.25, 0.3) is 5.56 Å². The number of carbonyl (C=O) groups is 1. The average molecular weight is 432 g/mol. The van der Waals surface area contributed by atoms with E-state index in [4.69, 9.17) is 11.6 Å². The van der Waals surface area contributed by atoms with Gasteiger partial charge in [-0.2, -0.15) is 0 Å². The molecule has 1 heterocycles. The third-order valence-electron chi connectivity index (χ3n) is 4.89. The fourth-order valence-electron chi connectivity index (χ4n) is 3.66. The van der Waals surface area contributed by atoms with Gasteiger partial charge in [0.05, 0.1) is 27.7 Å². The second-order valence-electron chi connectivity index (χ2n) is 7.94. The molecule has 1 N–H and O–H groups in total. The van der Waals surface area contributed by atoms with Crippen molar-refractivity contribution in [1.29, 1.82) is 0 Å². The standard InChI is InChI=1S/C22H23ClFN3O3/c1-5-16(27(21(29)30)22(2,3)4)19-25-15-11-8-9-13(23)18(15)20(28)26(19)17-12-7-6-10-14(17)24/h6-12,16H,5H2,1-4H3,(H,29,30)/t16-/m0/s1. The highest BCUT2D eigenvalue weighted by atomic mass is 35.5. The lowest BCUT2D eigenvalue weighted by molar-refractivity contribution is 0.0646. The Balaban J connectivity index is 2.46. The van der Waals surface area contributed by atoms with Gasteiger partial charge in [0.1, 0.15) is 11.6 Å². The molecule has 0 unspecified atom stereocenters. The largest absolute Gasteiger partial charge is 0.465 e. The maximum atomic E-state index is 14.7. The van der Waals surface area contributed by atoms with Crippen LogP contribution in [0.1, 0.15) is 46.0 Å². The number of carboxylic acid groups (broad SMARTS) is 1. The number of hydrogen-bond acceptors (Lipinski definition) is 3. The number of nitrogens with zero attached hydrogens (tertiary/aromatic N) is 3. The predicted molar refractivity (Wildman–Crippen MR) is 115 cm³/mol. The van der Waals surface area contributed by atoms with Gasteiger partial charge < -0.3 is 5.11 Å². The zero-order valence-electron chi connectivity index (χ0n) is 17.2. The van der Waals surface area contributed by atoms with E-state index in [1.54, 1.807) is 52.0 Å². The first kappa shape index (κ1) is 21.8. The van der Waals surface area contributed by atoms with Gasteiger partial charge in [-0.25, -0.2) is 14.2 Å². The normalized spacial score (nSPS) is 12.7. The minimum absolute atomic E-state index is 0.00971. The molecule has 0 aliphatic carbocycles. The lowest BCUT2D eigenvalue weighted by Crippen LogP contribution is -2.48. The Kier molecular flexibility index (Phi) is 5.85. The molecule has 0 saturated carbocycles. The minimum Gasteiger partial charge on any atom is -0.465 e. The van der Waals surface area contributed by atoms with Crippen molar-refractivity contribution >= 4 is 28.6 Å². The van der Waals surface area contributed by atoms with Crippen LogP contribution in [0.15, 0.2) is 47.3 Å². The fourth-order valence-corrected chi connectivity index (χ4v) is 3.92. The Morgan fingerprint density at radius 1 is 1.23 bits per heavy atom. The highest BCUT2D eigenvalue weighted by Gasteiger charge is 2.36. The van der Waals surface area contributed by atoms with E-state index < -0.39 is 29.1 Å². The molecule has 1 aromatic heterocycles. The number of fused-ring (bicyclic) bond motifs is 1. The summed E-state index contributed by atoms with van der Waals surface area (Å²) in [6.45, 7) is 7.07. The SMILES string of the molecule is CC[C@@H](c1nc2cccc(Cl)c2c(=O)n1-c1ccccc1F)N(C(=O)O)C(C)(C)C. The molecule has 0 aliphatic rings. The van der Waals surface area contributed by atoms with Crippen LogP contribution in [0.5, 0.6) is 0 Å². The van der Waals surface area contributed by atoms with Crippen molar-refractivity contribution in [3.05, 3.63) is 69.5 Å². The second kappa shape index (κ2) is 8.07. The van der Waals surface area contributed by atoms with Crippen LogP contribution in [-0.2, 0) is 0 Å². The van der Waals surface area contributed by atoms with Crippen LogP contribution >= 0.6 is 11.6 Å². The third kappa shape index (κ3) is 3.77. The van der Waals surface area contributed by atoms with E-state index in [0.717, 1.165) is 4.57 Å². The van der Waals surface area contributed by atoms with Crippen LogP contribution in [-0.4, -0.2) is 31.2 Å². The molecule has 0 radical (unpaired) electrons. The smallest absolute Gasteiger partial charge is 0.408 e. The summed E-state index contributed by atoms with van der Waals surface area (Å²) in [5.41, 5.74) is -1.02. The summed E-state index contributed by atoms with van der Waals surface area (Å²) in [6.07, 6.45) is -0.828. The van der Waals surface area contributed by atoms with Gasteiger partial charge in [-0.1, -0.05) is 36.7 Å². The molecule has 8 heteroatoms. The lowest BCUT2D eigenvalue weighted by Gasteiger charge is -2.39. The van der Waals surface area contributed by atoms with Crippen LogP contribution in [0.4, 0.5) is 9.18 Å². The van der Waals surface area contributed by atoms with E-state index >= 15 is 0 Å². The van der Waals surface area contributed by atoms with Crippen LogP contribution in [0.3, 0.4) is 0 Å². The van der Waals surface area contributed by atoms with Crippen LogP contribution in [0.25, 0.3) is 16.6 Å². The first-order chi connectivity index (χ1) is 14.1. The van der Waals surface area contributed by atoms with Crippen molar-refractivity contribution in [2.45, 2.75) is 45.7 Å². The molecule has 1 amide bonds. The molecule has 158 valence electrons. The summed E-state index contributed by atoms with van der Waals surface area (Å²) in [5.74, 6) is -0.485. The molecular formula is C22H23ClFN3O3. The molecule has 0 bridgehead atoms. The van der Waals surface area contributed by atoms with E-state index in [9.17, 15) is 19.1 Å². The van der Waals surface area contributed by atoms with E-state index in [1.807, 2.05) is 0 Å². The summed E-state index contributed by atoms with van der Waals surface area (Å²) in [7, 11) is 0. The summed E-state index contributed by atoms with van der Waals surface area (Å²) in [4.78, 5) is 31.5. The molecule has 2 aromatic carbocycles. The van der Waals surface area contributed by atoms with Gasteiger partial charge >= 0.3 is 6.09 Å². The Morgan fingerprint density at radius 3 is 2.47 bits per heavy atom. The molecule has 6 nitrogen and oxygen atoms in total. The Morgan fingerprint density at radius 2 is 1.90 bits per heavy atom. The van der Waals surface area contributed by atoms with Crippen molar-refractivity contribution < 1.29 is 14.3 Å². The monoisotopic (exact) mass is 431 g/mol. The number of hydrogen-bond donors (Lipinski definition) is 1. The Bertz CT molecular complexity index is 1170. The highest BCUT2D eigenvalue weighted by Crippen LogP contribution is 2.32. The van der Waals surface area contributed by atoms with Crippen molar-refractivity contribution in [2.24, 2.45) is 0 Å². The second-order valence-corrected chi connectivity index (χ2v) is 8.35. The minimum atomic E-state index is -1.16. The van der Waals surface area contributed by atoms with Gasteiger partial charge in [-0.05, 0) is 51.5 Å². The van der Waals surface area contributed by atoms with Gasteiger partial charge in [0.2, 0.25) is 0 Å². The van der Waals surface area contributed by atoms with Crippen LogP contribution < -0.4 is 5.56 Å². The number of para-hydroxylation sites is 1. The maximum absolute atomic E-state index is 14.7. The molecule has 0 saturated heterocycles. The summed E-state index contributed by atoms with van der Waals surface area (Å²) in [5, 5.41) is 10.3. The van der Waals surface area contributed by atoms with Crippen LogP contribution in [0.2, 0.25) is 5.02 Å². The maximum Gasteiger partial charge on any atom is 0.408 e. The Labute approximate surface area is 178 Å². The molecule has 0 spiro atoms. The molecule has 3 aromatic rings. The number of benzene rings is 2. The van der Waals surface area contributed by atoms with Gasteiger partial charge in [-0.3, -0.25) is 14.3 Å². The topological polar surface area (TPSA) is 75.4 Å². The quantitative estimate of drug-likeness (QED) is 0.599. The molecular weight excluding hydrogens is 409 g/mol. The molecule has 30 heavy (non-hydrogen) atoms. The molecule has 0 aliphatic heterocycles. The molecule has 0 fully saturated rings. The summed E-state index contributed by atoms with van der Waals surface area (Å²) < 4.78 is 15.9. The highest BCUT2D eigenvalue weighted by molar-refractivity contribution is 6.35. The predicted octanol–water partition coefficient (Wildman–Crippen LogP) is 5.41. The summed E-state index contributed by atoms with van der Waals surface area (Å²) in [6, 6.07) is 9.88. The van der Waals surface area contributed by atoms with E-state index in [1.165, 1.54) is 23.1 Å². The number of amides is 1. The molecule has 3 rings (SSSR count). The van der Waals surface area contributed by atoms with E-state index in [2.05, 4.69) is 4.98 Å². The summed E-state index contributed by atoms with van der Waals surface area (Å²) >= 11 is 6.26. The fraction of sp³-hybridized carbons (Fsp3) is 0.318. The van der Waals surface area contributed by atoms with Crippen molar-refractivity contribution in [3.8, 4) is 5.69 Å². The van der Waals surface area contributed by atoms with Gasteiger partial charge in [0, 0.05) is 5.54 Å². The lowest BCUT2D eigenvalue weighted by atomic mass is 10.0. The zero-order valence-corrected chi connectivity index (χ0v) is 17.9. The number of halogens is 2. The van der Waals surface area contributed by atoms with E-state index in [-0.39, 0.29) is 21.9 Å². The first-order valence-electron chi connectivity index (χ1n) is 9.56. The average Bonchev–Trinajstić information content (AvgIpc) is 2.65. The molecule has 1 atom stereocenters. The van der Waals surface area contributed by atoms with Crippen molar-refractivity contribution in [2.75, 3.05) is 0 Å². The van der Waals surface area contributed by atoms with Crippen LogP contribution in [0, 0.1) is 5.82 Å². The number of aromatic nitrogens is 2. The van der Waals surface area contributed by atoms with Crippen molar-refractivity contribution in [1.82, 2.24) is 14.5 Å². The third-order valence-corrected chi connectivity index (χ3v) is 5.21. The van der Waals surface area contributed by atoms with E-state index in [0.29, 0.717) is 11.9 Å². The zero-order chi connectivity index (χ0) is 22.2. The van der Waals surface area contributed by atoms with Gasteiger partial charge in [-0.15, -0.1) is 0 Å². The van der Waals surface area contributed by atoms with Crippen molar-refractivity contribution in [3.63, 3.8) is 0 Å².